The van der Waals surface area contributed by atoms with E-state index >= 15 is 0 Å². The van der Waals surface area contributed by atoms with Crippen molar-refractivity contribution in [1.29, 1.82) is 0 Å². The Balaban J connectivity index is 1.82. The largest absolute Gasteiger partial charge is 0.463 e. The second-order valence-electron chi connectivity index (χ2n) is 5.95. The standard InChI is InChI=1S/C17H17ClN2O4/c1-10-6-7-14(24-10)17(2)15(22)20(16(23)19-17)9-13(21)11-4-3-5-12(18)8-11/h3-8,13,21H,9H2,1-2H3,(H,19,23). The van der Waals surface area contributed by atoms with Gasteiger partial charge in [-0.3, -0.25) is 9.69 Å². The van der Waals surface area contributed by atoms with Gasteiger partial charge in [0.2, 0.25) is 0 Å². The summed E-state index contributed by atoms with van der Waals surface area (Å²) in [5.41, 5.74) is -0.745. The van der Waals surface area contributed by atoms with Crippen LogP contribution in [0.25, 0.3) is 0 Å². The molecule has 126 valence electrons. The number of urea groups is 1. The average Bonchev–Trinajstić information content (AvgIpc) is 3.06. The molecule has 2 heterocycles. The van der Waals surface area contributed by atoms with Gasteiger partial charge in [-0.25, -0.2) is 4.79 Å². The molecule has 3 amide bonds. The van der Waals surface area contributed by atoms with Gasteiger partial charge in [0.25, 0.3) is 5.91 Å². The van der Waals surface area contributed by atoms with Gasteiger partial charge in [0, 0.05) is 5.02 Å². The monoisotopic (exact) mass is 348 g/mol. The number of halogens is 1. The maximum atomic E-state index is 12.7. The van der Waals surface area contributed by atoms with Gasteiger partial charge in [-0.05, 0) is 43.7 Å². The normalized spacial score (nSPS) is 21.9. The molecule has 0 spiro atoms. The molecule has 24 heavy (non-hydrogen) atoms. The van der Waals surface area contributed by atoms with Crippen LogP contribution in [0.2, 0.25) is 5.02 Å². The molecule has 2 aromatic rings. The fraction of sp³-hybridized carbons (Fsp3) is 0.294. The zero-order chi connectivity index (χ0) is 17.5. The number of carbonyl (C=O) groups excluding carboxylic acids is 2. The zero-order valence-corrected chi connectivity index (χ0v) is 14.0. The number of rotatable bonds is 4. The van der Waals surface area contributed by atoms with E-state index in [0.717, 1.165) is 4.90 Å². The molecular weight excluding hydrogens is 332 g/mol. The van der Waals surface area contributed by atoms with E-state index in [1.54, 1.807) is 50.2 Å². The van der Waals surface area contributed by atoms with Gasteiger partial charge >= 0.3 is 6.03 Å². The van der Waals surface area contributed by atoms with Gasteiger partial charge < -0.3 is 14.8 Å². The lowest BCUT2D eigenvalue weighted by Crippen LogP contribution is -2.41. The van der Waals surface area contributed by atoms with Crippen LogP contribution in [0.15, 0.2) is 40.8 Å². The summed E-state index contributed by atoms with van der Waals surface area (Å²) in [5, 5.41) is 13.4. The Bertz CT molecular complexity index is 803. The summed E-state index contributed by atoms with van der Waals surface area (Å²) in [5.74, 6) is 0.534. The maximum Gasteiger partial charge on any atom is 0.325 e. The molecule has 0 radical (unpaired) electrons. The number of nitrogens with zero attached hydrogens (tertiary/aromatic N) is 1. The van der Waals surface area contributed by atoms with E-state index in [-0.39, 0.29) is 6.54 Å². The molecule has 2 atom stereocenters. The molecular formula is C17H17ClN2O4. The molecule has 0 saturated carbocycles. The number of hydrogen-bond acceptors (Lipinski definition) is 4. The number of benzene rings is 1. The van der Waals surface area contributed by atoms with Crippen LogP contribution in [-0.2, 0) is 10.3 Å². The van der Waals surface area contributed by atoms with Gasteiger partial charge in [0.1, 0.15) is 11.5 Å². The van der Waals surface area contributed by atoms with Gasteiger partial charge in [0.05, 0.1) is 12.6 Å². The lowest BCUT2D eigenvalue weighted by atomic mass is 9.99. The smallest absolute Gasteiger partial charge is 0.325 e. The number of carbonyl (C=O) groups is 2. The number of aliphatic hydroxyl groups excluding tert-OH is 1. The summed E-state index contributed by atoms with van der Waals surface area (Å²) < 4.78 is 5.50. The first-order chi connectivity index (χ1) is 11.3. The highest BCUT2D eigenvalue weighted by atomic mass is 35.5. The highest BCUT2D eigenvalue weighted by Gasteiger charge is 2.51. The molecule has 1 aliphatic heterocycles. The zero-order valence-electron chi connectivity index (χ0n) is 13.2. The van der Waals surface area contributed by atoms with Gasteiger partial charge in [-0.2, -0.15) is 0 Å². The number of β-amino-alcohol motifs (C(OH)–C–C–N with tert-alkyl or cyclic N) is 1. The number of hydrogen-bond donors (Lipinski definition) is 2. The lowest BCUT2D eigenvalue weighted by molar-refractivity contribution is -0.132. The summed E-state index contributed by atoms with van der Waals surface area (Å²) >= 11 is 5.91. The van der Waals surface area contributed by atoms with Crippen LogP contribution in [0, 0.1) is 6.92 Å². The van der Waals surface area contributed by atoms with Crippen molar-refractivity contribution >= 4 is 23.5 Å². The molecule has 2 N–H and O–H groups in total. The minimum absolute atomic E-state index is 0.166. The molecule has 1 aromatic carbocycles. The Labute approximate surface area is 144 Å². The van der Waals surface area contributed by atoms with E-state index in [2.05, 4.69) is 5.32 Å². The summed E-state index contributed by atoms with van der Waals surface area (Å²) in [6.45, 7) is 3.17. The number of imide groups is 1. The lowest BCUT2D eigenvalue weighted by Gasteiger charge is -2.21. The van der Waals surface area contributed by atoms with Gasteiger partial charge in [-0.15, -0.1) is 0 Å². The SMILES string of the molecule is Cc1ccc(C2(C)NC(=O)N(CC(O)c3cccc(Cl)c3)C2=O)o1. The number of aryl methyl sites for hydroxylation is 1. The molecule has 1 saturated heterocycles. The van der Waals surface area contributed by atoms with Crippen LogP contribution in [0.4, 0.5) is 4.79 Å². The van der Waals surface area contributed by atoms with Crippen molar-refractivity contribution in [1.82, 2.24) is 10.2 Å². The van der Waals surface area contributed by atoms with E-state index in [0.29, 0.717) is 22.1 Å². The number of amides is 3. The first kappa shape index (κ1) is 16.5. The molecule has 0 bridgehead atoms. The van der Waals surface area contributed by atoms with Crippen LogP contribution < -0.4 is 5.32 Å². The number of furan rings is 1. The van der Waals surface area contributed by atoms with Crippen LogP contribution in [-0.4, -0.2) is 28.5 Å². The summed E-state index contributed by atoms with van der Waals surface area (Å²) in [6.07, 6.45) is -1.03. The summed E-state index contributed by atoms with van der Waals surface area (Å²) in [4.78, 5) is 25.9. The van der Waals surface area contributed by atoms with Crippen molar-refractivity contribution in [3.8, 4) is 0 Å². The predicted octanol–water partition coefficient (Wildman–Crippen LogP) is 2.74. The molecule has 3 rings (SSSR count). The highest BCUT2D eigenvalue weighted by molar-refractivity contribution is 6.30. The van der Waals surface area contributed by atoms with E-state index in [1.807, 2.05) is 0 Å². The van der Waals surface area contributed by atoms with Gasteiger partial charge in [0.15, 0.2) is 5.54 Å². The molecule has 0 aliphatic carbocycles. The Morgan fingerprint density at radius 3 is 2.71 bits per heavy atom. The van der Waals surface area contributed by atoms with Crippen LogP contribution in [0.1, 0.15) is 30.1 Å². The fourth-order valence-electron chi connectivity index (χ4n) is 2.73. The van der Waals surface area contributed by atoms with E-state index in [1.165, 1.54) is 0 Å². The first-order valence-corrected chi connectivity index (χ1v) is 7.83. The topological polar surface area (TPSA) is 82.8 Å². The van der Waals surface area contributed by atoms with E-state index in [9.17, 15) is 14.7 Å². The summed E-state index contributed by atoms with van der Waals surface area (Å²) in [7, 11) is 0. The Morgan fingerprint density at radius 1 is 1.33 bits per heavy atom. The second kappa shape index (κ2) is 5.96. The van der Waals surface area contributed by atoms with Crippen molar-refractivity contribution in [3.05, 3.63) is 58.5 Å². The first-order valence-electron chi connectivity index (χ1n) is 7.46. The molecule has 1 aliphatic rings. The molecule has 1 fully saturated rings. The number of nitrogens with one attached hydrogen (secondary N) is 1. The number of aliphatic hydroxyl groups is 1. The van der Waals surface area contributed by atoms with Crippen molar-refractivity contribution in [3.63, 3.8) is 0 Å². The van der Waals surface area contributed by atoms with Crippen LogP contribution in [0.3, 0.4) is 0 Å². The van der Waals surface area contributed by atoms with Crippen LogP contribution >= 0.6 is 11.6 Å². The Hall–Kier alpha value is -2.31. The fourth-order valence-corrected chi connectivity index (χ4v) is 2.92. The Morgan fingerprint density at radius 2 is 2.08 bits per heavy atom. The molecule has 6 nitrogen and oxygen atoms in total. The van der Waals surface area contributed by atoms with Gasteiger partial charge in [-0.1, -0.05) is 23.7 Å². The highest BCUT2D eigenvalue weighted by Crippen LogP contribution is 2.31. The van der Waals surface area contributed by atoms with Crippen molar-refractivity contribution in [2.45, 2.75) is 25.5 Å². The quantitative estimate of drug-likeness (QED) is 0.832. The minimum Gasteiger partial charge on any atom is -0.463 e. The predicted molar refractivity (Wildman–Crippen MR) is 87.5 cm³/mol. The second-order valence-corrected chi connectivity index (χ2v) is 6.39. The third-order valence-electron chi connectivity index (χ3n) is 4.10. The molecule has 2 unspecified atom stereocenters. The van der Waals surface area contributed by atoms with Crippen molar-refractivity contribution in [2.75, 3.05) is 6.54 Å². The van der Waals surface area contributed by atoms with E-state index in [4.69, 9.17) is 16.0 Å². The molecule has 7 heteroatoms. The van der Waals surface area contributed by atoms with Crippen LogP contribution in [0.5, 0.6) is 0 Å². The third-order valence-corrected chi connectivity index (χ3v) is 4.33. The minimum atomic E-state index is -1.28. The molecule has 1 aromatic heterocycles. The van der Waals surface area contributed by atoms with E-state index < -0.39 is 23.6 Å². The average molecular weight is 349 g/mol. The Kier molecular flexibility index (Phi) is 4.11. The summed E-state index contributed by atoms with van der Waals surface area (Å²) in [6, 6.07) is 9.47. The van der Waals surface area contributed by atoms with Crippen molar-refractivity contribution in [2.24, 2.45) is 0 Å². The third kappa shape index (κ3) is 2.79. The van der Waals surface area contributed by atoms with Crippen molar-refractivity contribution < 1.29 is 19.1 Å². The maximum absolute atomic E-state index is 12.7.